The summed E-state index contributed by atoms with van der Waals surface area (Å²) in [5, 5.41) is 14.4. The number of nitrogens with zero attached hydrogens (tertiary/aromatic N) is 1. The number of carbonyl (C=O) groups excluding carboxylic acids is 2. The number of aromatic nitrogens is 1. The molecule has 1 fully saturated rings. The number of carbonyl (C=O) groups is 2. The number of aliphatic hydroxyl groups is 1. The van der Waals surface area contributed by atoms with Crippen molar-refractivity contribution in [2.75, 3.05) is 44.7 Å². The number of aromatic amines is 1. The number of hydrogen-bond acceptors (Lipinski definition) is 6. The Morgan fingerprint density at radius 2 is 2.09 bits per heavy atom. The molecular formula is C14H20N4O5. The standard InChI is InChI=1S/C14H20N4O5/c19-10(9-18-3-5-23-6-4-18)7-16-13(21)14(22)17-11-8-15-2-1-12(11)20/h1-2,8,10,19H,3-7,9H2,(H,15,20)(H,16,21)(H,17,22). The Kier molecular flexibility index (Phi) is 6.27. The number of morpholine rings is 1. The van der Waals surface area contributed by atoms with Gasteiger partial charge in [-0.3, -0.25) is 19.3 Å². The summed E-state index contributed by atoms with van der Waals surface area (Å²) in [4.78, 5) is 39.5. The topological polar surface area (TPSA) is 124 Å². The number of β-amino-alcohol motifs (C(OH)–C–C–N with tert-alkyl or cyclic N) is 1. The maximum Gasteiger partial charge on any atom is 0.313 e. The van der Waals surface area contributed by atoms with E-state index in [2.05, 4.69) is 15.6 Å². The number of rotatable bonds is 5. The second kappa shape index (κ2) is 8.42. The van der Waals surface area contributed by atoms with Crippen molar-refractivity contribution in [3.8, 4) is 0 Å². The zero-order valence-corrected chi connectivity index (χ0v) is 12.6. The molecule has 1 aromatic heterocycles. The molecule has 0 spiro atoms. The van der Waals surface area contributed by atoms with Crippen molar-refractivity contribution in [1.29, 1.82) is 0 Å². The maximum absolute atomic E-state index is 11.7. The molecule has 0 saturated carbocycles. The van der Waals surface area contributed by atoms with Gasteiger partial charge in [-0.15, -0.1) is 0 Å². The van der Waals surface area contributed by atoms with Crippen LogP contribution in [0.5, 0.6) is 0 Å². The molecule has 126 valence electrons. The molecule has 1 saturated heterocycles. The second-order valence-corrected chi connectivity index (χ2v) is 5.15. The van der Waals surface area contributed by atoms with Crippen molar-refractivity contribution in [1.82, 2.24) is 15.2 Å². The first-order chi connectivity index (χ1) is 11.1. The van der Waals surface area contributed by atoms with E-state index in [0.29, 0.717) is 19.8 Å². The highest BCUT2D eigenvalue weighted by Gasteiger charge is 2.18. The summed E-state index contributed by atoms with van der Waals surface area (Å²) in [6.07, 6.45) is 1.92. The molecule has 23 heavy (non-hydrogen) atoms. The smallest absolute Gasteiger partial charge is 0.313 e. The Labute approximate surface area is 132 Å². The number of pyridine rings is 1. The van der Waals surface area contributed by atoms with Gasteiger partial charge in [-0.2, -0.15) is 0 Å². The van der Waals surface area contributed by atoms with Crippen LogP contribution in [0.4, 0.5) is 5.69 Å². The lowest BCUT2D eigenvalue weighted by molar-refractivity contribution is -0.136. The van der Waals surface area contributed by atoms with E-state index in [1.807, 2.05) is 4.90 Å². The van der Waals surface area contributed by atoms with Gasteiger partial charge in [0.1, 0.15) is 5.69 Å². The monoisotopic (exact) mass is 324 g/mol. The van der Waals surface area contributed by atoms with E-state index >= 15 is 0 Å². The summed E-state index contributed by atoms with van der Waals surface area (Å²) in [5.41, 5.74) is -0.418. The summed E-state index contributed by atoms with van der Waals surface area (Å²) in [6, 6.07) is 1.24. The highest BCUT2D eigenvalue weighted by molar-refractivity contribution is 6.39. The lowest BCUT2D eigenvalue weighted by Crippen LogP contribution is -2.46. The van der Waals surface area contributed by atoms with Gasteiger partial charge in [-0.25, -0.2) is 0 Å². The van der Waals surface area contributed by atoms with E-state index < -0.39 is 23.3 Å². The van der Waals surface area contributed by atoms with Crippen molar-refractivity contribution in [2.45, 2.75) is 6.10 Å². The minimum Gasteiger partial charge on any atom is -0.390 e. The summed E-state index contributed by atoms with van der Waals surface area (Å²) in [7, 11) is 0. The molecular weight excluding hydrogens is 304 g/mol. The van der Waals surface area contributed by atoms with Gasteiger partial charge in [-0.1, -0.05) is 0 Å². The predicted molar refractivity (Wildman–Crippen MR) is 82.0 cm³/mol. The van der Waals surface area contributed by atoms with Crippen LogP contribution >= 0.6 is 0 Å². The fourth-order valence-electron chi connectivity index (χ4n) is 2.13. The van der Waals surface area contributed by atoms with Crippen molar-refractivity contribution < 1.29 is 19.4 Å². The number of nitrogens with one attached hydrogen (secondary N) is 3. The van der Waals surface area contributed by atoms with Crippen LogP contribution in [0.1, 0.15) is 0 Å². The quantitative estimate of drug-likeness (QED) is 0.470. The Bertz CT molecular complexity index is 597. The number of ether oxygens (including phenoxy) is 1. The molecule has 0 bridgehead atoms. The fraction of sp³-hybridized carbons (Fsp3) is 0.500. The third-order valence-corrected chi connectivity index (χ3v) is 3.35. The van der Waals surface area contributed by atoms with Crippen molar-refractivity contribution >= 4 is 17.5 Å². The van der Waals surface area contributed by atoms with E-state index in [4.69, 9.17) is 4.74 Å². The van der Waals surface area contributed by atoms with Crippen molar-refractivity contribution in [2.24, 2.45) is 0 Å². The van der Waals surface area contributed by atoms with Crippen molar-refractivity contribution in [3.05, 3.63) is 28.7 Å². The Balaban J connectivity index is 1.74. The highest BCUT2D eigenvalue weighted by atomic mass is 16.5. The lowest BCUT2D eigenvalue weighted by atomic mass is 10.3. The summed E-state index contributed by atoms with van der Waals surface area (Å²) < 4.78 is 5.20. The largest absolute Gasteiger partial charge is 0.390 e. The van der Waals surface area contributed by atoms with Crippen LogP contribution < -0.4 is 16.1 Å². The van der Waals surface area contributed by atoms with E-state index in [1.54, 1.807) is 0 Å². The molecule has 4 N–H and O–H groups in total. The molecule has 1 atom stereocenters. The minimum absolute atomic E-state index is 0.0125. The molecule has 2 amide bonds. The molecule has 0 aliphatic carbocycles. The summed E-state index contributed by atoms with van der Waals surface area (Å²) in [6.45, 7) is 3.03. The van der Waals surface area contributed by atoms with Gasteiger partial charge in [-0.05, 0) is 0 Å². The molecule has 1 aliphatic rings. The Morgan fingerprint density at radius 1 is 1.35 bits per heavy atom. The van der Waals surface area contributed by atoms with Gasteiger partial charge in [0.25, 0.3) is 0 Å². The zero-order valence-electron chi connectivity index (χ0n) is 12.6. The normalized spacial score (nSPS) is 16.6. The number of anilines is 1. The molecule has 0 aromatic carbocycles. The average Bonchev–Trinajstić information content (AvgIpc) is 2.55. The SMILES string of the molecule is O=C(NCC(O)CN1CCOCC1)C(=O)Nc1c[nH]ccc1=O. The van der Waals surface area contributed by atoms with Crippen LogP contribution in [-0.4, -0.2) is 72.3 Å². The van der Waals surface area contributed by atoms with Gasteiger partial charge in [0, 0.05) is 44.6 Å². The second-order valence-electron chi connectivity index (χ2n) is 5.15. The van der Waals surface area contributed by atoms with Crippen LogP contribution in [0.25, 0.3) is 0 Å². The highest BCUT2D eigenvalue weighted by Crippen LogP contribution is 1.98. The molecule has 1 aromatic rings. The average molecular weight is 324 g/mol. The van der Waals surface area contributed by atoms with Gasteiger partial charge >= 0.3 is 11.8 Å². The van der Waals surface area contributed by atoms with E-state index in [0.717, 1.165) is 13.1 Å². The molecule has 1 unspecified atom stereocenters. The van der Waals surface area contributed by atoms with Gasteiger partial charge in [0.15, 0.2) is 0 Å². The van der Waals surface area contributed by atoms with Gasteiger partial charge < -0.3 is 25.5 Å². The lowest BCUT2D eigenvalue weighted by Gasteiger charge is -2.28. The third kappa shape index (κ3) is 5.47. The number of hydrogen-bond donors (Lipinski definition) is 4. The Morgan fingerprint density at radius 3 is 2.78 bits per heavy atom. The molecule has 2 heterocycles. The predicted octanol–water partition coefficient (Wildman–Crippen LogP) is -1.88. The maximum atomic E-state index is 11.7. The van der Waals surface area contributed by atoms with Gasteiger partial charge in [0.05, 0.1) is 19.3 Å². The van der Waals surface area contributed by atoms with E-state index in [1.165, 1.54) is 18.5 Å². The minimum atomic E-state index is -0.958. The fourth-order valence-corrected chi connectivity index (χ4v) is 2.13. The van der Waals surface area contributed by atoms with E-state index in [9.17, 15) is 19.5 Å². The number of aliphatic hydroxyl groups excluding tert-OH is 1. The summed E-state index contributed by atoms with van der Waals surface area (Å²) in [5.74, 6) is -1.87. The van der Waals surface area contributed by atoms with Crippen LogP contribution in [0.2, 0.25) is 0 Å². The molecule has 9 nitrogen and oxygen atoms in total. The molecule has 0 radical (unpaired) electrons. The van der Waals surface area contributed by atoms with Gasteiger partial charge in [0.2, 0.25) is 5.43 Å². The summed E-state index contributed by atoms with van der Waals surface area (Å²) >= 11 is 0. The van der Waals surface area contributed by atoms with Crippen LogP contribution in [0.15, 0.2) is 23.3 Å². The first kappa shape index (κ1) is 17.1. The Hall–Kier alpha value is -2.23. The van der Waals surface area contributed by atoms with Crippen LogP contribution in [-0.2, 0) is 14.3 Å². The first-order valence-electron chi connectivity index (χ1n) is 7.30. The zero-order chi connectivity index (χ0) is 16.7. The van der Waals surface area contributed by atoms with Crippen molar-refractivity contribution in [3.63, 3.8) is 0 Å². The van der Waals surface area contributed by atoms with E-state index in [-0.39, 0.29) is 12.2 Å². The van der Waals surface area contributed by atoms with Crippen LogP contribution in [0, 0.1) is 0 Å². The van der Waals surface area contributed by atoms with Crippen LogP contribution in [0.3, 0.4) is 0 Å². The molecule has 9 heteroatoms. The number of amides is 2. The third-order valence-electron chi connectivity index (χ3n) is 3.35. The number of H-pyrrole nitrogens is 1. The molecule has 1 aliphatic heterocycles. The first-order valence-corrected chi connectivity index (χ1v) is 7.30. The molecule has 2 rings (SSSR count).